The zero-order valence-corrected chi connectivity index (χ0v) is 15.4. The number of hydrogen-bond donors (Lipinski definition) is 2. The summed E-state index contributed by atoms with van der Waals surface area (Å²) in [7, 11) is 0. The Balaban J connectivity index is 1.89. The summed E-state index contributed by atoms with van der Waals surface area (Å²) in [5.41, 5.74) is -3.60. The molecule has 2 amide bonds. The van der Waals surface area contributed by atoms with Crippen molar-refractivity contribution in [2.75, 3.05) is 5.32 Å². The van der Waals surface area contributed by atoms with E-state index < -0.39 is 23.3 Å². The monoisotopic (exact) mass is 413 g/mol. The van der Waals surface area contributed by atoms with Crippen LogP contribution in [0.5, 0.6) is 0 Å². The van der Waals surface area contributed by atoms with E-state index in [0.29, 0.717) is 12.8 Å². The van der Waals surface area contributed by atoms with Gasteiger partial charge in [-0.05, 0) is 30.5 Å². The van der Waals surface area contributed by atoms with E-state index in [1.54, 1.807) is 0 Å². The van der Waals surface area contributed by atoms with Crippen LogP contribution in [0, 0.1) is 29.1 Å². The Hall–Kier alpha value is -3.79. The highest BCUT2D eigenvalue weighted by atomic mass is 19.4. The lowest BCUT2D eigenvalue weighted by atomic mass is 9.84. The fourth-order valence-electron chi connectivity index (χ4n) is 3.20. The first-order chi connectivity index (χ1) is 14.2. The van der Waals surface area contributed by atoms with Crippen molar-refractivity contribution in [1.29, 1.82) is 5.26 Å². The third-order valence-electron chi connectivity index (χ3n) is 4.92. The number of hydrogen-bond acceptors (Lipinski definition) is 4. The molecule has 30 heavy (non-hydrogen) atoms. The summed E-state index contributed by atoms with van der Waals surface area (Å²) in [5, 5.41) is 13.8. The molecule has 1 fully saturated rings. The van der Waals surface area contributed by atoms with Crippen LogP contribution in [0.3, 0.4) is 0 Å². The number of rotatable bonds is 2. The van der Waals surface area contributed by atoms with Gasteiger partial charge in [0.15, 0.2) is 0 Å². The fraction of sp³-hybridized carbons (Fsp3) is 0.300. The van der Waals surface area contributed by atoms with Gasteiger partial charge in [0.1, 0.15) is 0 Å². The SMILES string of the molecule is N#Cc1cc2c(cc1Cn1cnccc1=O)NC(=O)N[C@]2(C#CC1CC1)C(F)(F)F. The number of urea groups is 1. The fourth-order valence-corrected chi connectivity index (χ4v) is 3.20. The molecular formula is C20H14F3N5O2. The zero-order valence-electron chi connectivity index (χ0n) is 15.4. The highest BCUT2D eigenvalue weighted by Gasteiger charge is 2.59. The zero-order chi connectivity index (χ0) is 21.5. The van der Waals surface area contributed by atoms with Gasteiger partial charge in [0.25, 0.3) is 5.56 Å². The quantitative estimate of drug-likeness (QED) is 0.739. The number of benzene rings is 1. The summed E-state index contributed by atoms with van der Waals surface area (Å²) < 4.78 is 43.7. The number of nitriles is 1. The second-order valence-electron chi connectivity index (χ2n) is 7.08. The molecule has 10 heteroatoms. The molecule has 0 saturated heterocycles. The first-order valence-electron chi connectivity index (χ1n) is 9.00. The highest BCUT2D eigenvalue weighted by Crippen LogP contribution is 2.45. The molecule has 0 radical (unpaired) electrons. The highest BCUT2D eigenvalue weighted by molar-refractivity contribution is 5.95. The third kappa shape index (κ3) is 3.37. The van der Waals surface area contributed by atoms with Crippen LogP contribution in [0.25, 0.3) is 0 Å². The summed E-state index contributed by atoms with van der Waals surface area (Å²) in [6.07, 6.45) is -0.941. The molecule has 1 aromatic heterocycles. The van der Waals surface area contributed by atoms with Gasteiger partial charge in [0.2, 0.25) is 5.54 Å². The van der Waals surface area contributed by atoms with Crippen LogP contribution in [0.4, 0.5) is 23.7 Å². The Morgan fingerprint density at radius 3 is 2.70 bits per heavy atom. The molecule has 0 unspecified atom stereocenters. The van der Waals surface area contributed by atoms with Crippen molar-refractivity contribution >= 4 is 11.7 Å². The molecule has 152 valence electrons. The number of anilines is 1. The second kappa shape index (κ2) is 6.92. The smallest absolute Gasteiger partial charge is 0.310 e. The van der Waals surface area contributed by atoms with E-state index in [-0.39, 0.29) is 34.8 Å². The number of nitrogens with zero attached hydrogens (tertiary/aromatic N) is 3. The topological polar surface area (TPSA) is 99.8 Å². The van der Waals surface area contributed by atoms with E-state index in [2.05, 4.69) is 22.1 Å². The molecule has 0 bridgehead atoms. The number of amides is 2. The standard InChI is InChI=1S/C20H14F3N5O2/c21-20(22,23)19(5-3-12-1-2-12)15-7-13(9-24)14(8-16(15)26-18(30)27-19)10-28-11-25-6-4-17(28)29/h4,6-8,11-12H,1-2,10H2,(H2,26,27,30)/t19-/m0/s1. The van der Waals surface area contributed by atoms with E-state index >= 15 is 0 Å². The van der Waals surface area contributed by atoms with E-state index in [4.69, 9.17) is 0 Å². The molecule has 2 aliphatic rings. The third-order valence-corrected chi connectivity index (χ3v) is 4.92. The van der Waals surface area contributed by atoms with Gasteiger partial charge in [-0.3, -0.25) is 9.36 Å². The Morgan fingerprint density at radius 2 is 2.07 bits per heavy atom. The van der Waals surface area contributed by atoms with Crippen molar-refractivity contribution in [2.24, 2.45) is 5.92 Å². The van der Waals surface area contributed by atoms with Crippen LogP contribution in [-0.2, 0) is 12.1 Å². The van der Waals surface area contributed by atoms with Crippen molar-refractivity contribution in [2.45, 2.75) is 31.1 Å². The summed E-state index contributed by atoms with van der Waals surface area (Å²) in [5.74, 6) is 4.68. The minimum Gasteiger partial charge on any atom is -0.310 e. The Bertz CT molecular complexity index is 1200. The van der Waals surface area contributed by atoms with Crippen LogP contribution in [0.15, 0.2) is 35.5 Å². The minimum absolute atomic E-state index is 0.0655. The number of fused-ring (bicyclic) bond motifs is 1. The normalized spacial score (nSPS) is 20.1. The maximum Gasteiger partial charge on any atom is 0.427 e. The van der Waals surface area contributed by atoms with Crippen molar-refractivity contribution < 1.29 is 18.0 Å². The van der Waals surface area contributed by atoms with Gasteiger partial charge >= 0.3 is 12.2 Å². The lowest BCUT2D eigenvalue weighted by Gasteiger charge is -2.37. The van der Waals surface area contributed by atoms with Gasteiger partial charge in [0, 0.05) is 29.4 Å². The minimum atomic E-state index is -4.92. The Morgan fingerprint density at radius 1 is 1.30 bits per heavy atom. The van der Waals surface area contributed by atoms with Crippen molar-refractivity contribution in [3.63, 3.8) is 0 Å². The molecule has 2 aromatic rings. The number of aromatic nitrogens is 2. The van der Waals surface area contributed by atoms with E-state index in [9.17, 15) is 28.0 Å². The Labute approximate surface area is 168 Å². The molecule has 1 saturated carbocycles. The average Bonchev–Trinajstić information content (AvgIpc) is 3.51. The lowest BCUT2D eigenvalue weighted by molar-refractivity contribution is -0.178. The molecule has 2 heterocycles. The number of carbonyl (C=O) groups excluding carboxylic acids is 1. The van der Waals surface area contributed by atoms with Gasteiger partial charge < -0.3 is 10.6 Å². The molecule has 4 rings (SSSR count). The number of carbonyl (C=O) groups is 1. The van der Waals surface area contributed by atoms with Gasteiger partial charge in [-0.15, -0.1) is 0 Å². The molecule has 1 aliphatic heterocycles. The van der Waals surface area contributed by atoms with Crippen LogP contribution >= 0.6 is 0 Å². The summed E-state index contributed by atoms with van der Waals surface area (Å²) in [6, 6.07) is 4.37. The molecule has 7 nitrogen and oxygen atoms in total. The summed E-state index contributed by atoms with van der Waals surface area (Å²) in [6.45, 7) is -0.0983. The van der Waals surface area contributed by atoms with Gasteiger partial charge in [0.05, 0.1) is 24.5 Å². The molecule has 2 N–H and O–H groups in total. The van der Waals surface area contributed by atoms with E-state index in [1.807, 2.05) is 11.4 Å². The van der Waals surface area contributed by atoms with Crippen LogP contribution in [0.1, 0.15) is 29.5 Å². The lowest BCUT2D eigenvalue weighted by Crippen LogP contribution is -2.59. The predicted octanol–water partition coefficient (Wildman–Crippen LogP) is 2.47. The average molecular weight is 413 g/mol. The van der Waals surface area contributed by atoms with Crippen LogP contribution < -0.4 is 16.2 Å². The maximum absolute atomic E-state index is 14.2. The van der Waals surface area contributed by atoms with Gasteiger partial charge in [-0.1, -0.05) is 11.8 Å². The van der Waals surface area contributed by atoms with Crippen LogP contribution in [0.2, 0.25) is 0 Å². The first-order valence-corrected chi connectivity index (χ1v) is 9.00. The molecule has 0 spiro atoms. The number of nitrogens with one attached hydrogen (secondary N) is 2. The first kappa shape index (κ1) is 19.5. The van der Waals surface area contributed by atoms with Crippen molar-refractivity contribution in [1.82, 2.24) is 14.9 Å². The maximum atomic E-state index is 14.2. The summed E-state index contributed by atoms with van der Waals surface area (Å²) >= 11 is 0. The number of alkyl halides is 3. The number of halogens is 3. The largest absolute Gasteiger partial charge is 0.427 e. The van der Waals surface area contributed by atoms with Gasteiger partial charge in [-0.2, -0.15) is 18.4 Å². The Kier molecular flexibility index (Phi) is 4.50. The van der Waals surface area contributed by atoms with Gasteiger partial charge in [-0.25, -0.2) is 9.78 Å². The van der Waals surface area contributed by atoms with E-state index in [1.165, 1.54) is 29.2 Å². The van der Waals surface area contributed by atoms with Crippen molar-refractivity contribution in [3.8, 4) is 17.9 Å². The van der Waals surface area contributed by atoms with Crippen molar-refractivity contribution in [3.05, 3.63) is 57.8 Å². The second-order valence-corrected chi connectivity index (χ2v) is 7.08. The molecule has 1 atom stereocenters. The summed E-state index contributed by atoms with van der Waals surface area (Å²) in [4.78, 5) is 27.9. The molecule has 1 aliphatic carbocycles. The molecule has 1 aromatic carbocycles. The van der Waals surface area contributed by atoms with Crippen LogP contribution in [-0.4, -0.2) is 21.8 Å². The van der Waals surface area contributed by atoms with E-state index in [0.717, 1.165) is 6.07 Å². The molecular weight excluding hydrogens is 399 g/mol. The predicted molar refractivity (Wildman–Crippen MR) is 99.1 cm³/mol.